The first-order valence-electron chi connectivity index (χ1n) is 8.47. The van der Waals surface area contributed by atoms with Gasteiger partial charge in [-0.05, 0) is 61.4 Å². The third-order valence-electron chi connectivity index (χ3n) is 4.41. The van der Waals surface area contributed by atoms with Crippen molar-refractivity contribution in [1.82, 2.24) is 4.90 Å². The molecule has 2 aromatic rings. The van der Waals surface area contributed by atoms with E-state index in [9.17, 15) is 9.59 Å². The fourth-order valence-corrected chi connectivity index (χ4v) is 3.10. The molecule has 6 heteroatoms. The molecule has 26 heavy (non-hydrogen) atoms. The average molecular weight is 374 g/mol. The standard InChI is InChI=1S/C20H20ClNO4/c1-25-17-8-10-18(11-9-17)26-20(24)15-3-2-12-22(13-15)19(23)14-4-6-16(21)7-5-14/h4-11,15H,2-3,12-13H2,1H3. The van der Waals surface area contributed by atoms with E-state index in [1.165, 1.54) is 0 Å². The molecule has 0 radical (unpaired) electrons. The lowest BCUT2D eigenvalue weighted by Gasteiger charge is -2.31. The van der Waals surface area contributed by atoms with Crippen molar-refractivity contribution in [2.24, 2.45) is 5.92 Å². The number of methoxy groups -OCH3 is 1. The van der Waals surface area contributed by atoms with Crippen LogP contribution in [0.1, 0.15) is 23.2 Å². The highest BCUT2D eigenvalue weighted by Crippen LogP contribution is 2.23. The van der Waals surface area contributed by atoms with Crippen molar-refractivity contribution >= 4 is 23.5 Å². The molecule has 1 heterocycles. The molecule has 0 saturated carbocycles. The summed E-state index contributed by atoms with van der Waals surface area (Å²) in [6.45, 7) is 0.990. The van der Waals surface area contributed by atoms with E-state index in [2.05, 4.69) is 0 Å². The minimum atomic E-state index is -0.331. The number of carbonyl (C=O) groups excluding carboxylic acids is 2. The summed E-state index contributed by atoms with van der Waals surface area (Å²) in [5, 5.41) is 0.584. The molecule has 136 valence electrons. The maximum absolute atomic E-state index is 12.6. The number of carbonyl (C=O) groups is 2. The van der Waals surface area contributed by atoms with Crippen molar-refractivity contribution in [2.75, 3.05) is 20.2 Å². The van der Waals surface area contributed by atoms with Crippen molar-refractivity contribution in [3.8, 4) is 11.5 Å². The molecule has 3 rings (SSSR count). The molecule has 0 aliphatic carbocycles. The van der Waals surface area contributed by atoms with Crippen LogP contribution in [0.25, 0.3) is 0 Å². The Labute approximate surface area is 157 Å². The van der Waals surface area contributed by atoms with E-state index in [4.69, 9.17) is 21.1 Å². The summed E-state index contributed by atoms with van der Waals surface area (Å²) >= 11 is 5.87. The molecule has 0 bridgehead atoms. The molecule has 5 nitrogen and oxygen atoms in total. The zero-order valence-electron chi connectivity index (χ0n) is 14.5. The van der Waals surface area contributed by atoms with Crippen LogP contribution in [-0.4, -0.2) is 37.0 Å². The molecule has 0 aromatic heterocycles. The van der Waals surface area contributed by atoms with Gasteiger partial charge >= 0.3 is 5.97 Å². The highest BCUT2D eigenvalue weighted by Gasteiger charge is 2.30. The zero-order chi connectivity index (χ0) is 18.5. The second-order valence-electron chi connectivity index (χ2n) is 6.19. The molecule has 1 aliphatic rings. The number of likely N-dealkylation sites (tertiary alicyclic amines) is 1. The van der Waals surface area contributed by atoms with Crippen molar-refractivity contribution < 1.29 is 19.1 Å². The molecule has 1 unspecified atom stereocenters. The van der Waals surface area contributed by atoms with Crippen LogP contribution in [0.4, 0.5) is 0 Å². The molecule has 0 N–H and O–H groups in total. The Kier molecular flexibility index (Phi) is 5.78. The molecular weight excluding hydrogens is 354 g/mol. The van der Waals surface area contributed by atoms with Gasteiger partial charge in [0.05, 0.1) is 13.0 Å². The topological polar surface area (TPSA) is 55.8 Å². The number of rotatable bonds is 4. The van der Waals surface area contributed by atoms with Gasteiger partial charge in [-0.25, -0.2) is 0 Å². The first-order chi connectivity index (χ1) is 12.6. The minimum Gasteiger partial charge on any atom is -0.497 e. The molecule has 1 atom stereocenters. The second kappa shape index (κ2) is 8.23. The zero-order valence-corrected chi connectivity index (χ0v) is 15.2. The van der Waals surface area contributed by atoms with Crippen LogP contribution in [0.15, 0.2) is 48.5 Å². The highest BCUT2D eigenvalue weighted by atomic mass is 35.5. The fourth-order valence-electron chi connectivity index (χ4n) is 2.97. The number of amides is 1. The quantitative estimate of drug-likeness (QED) is 0.604. The SMILES string of the molecule is COc1ccc(OC(=O)C2CCCN(C(=O)c3ccc(Cl)cc3)C2)cc1. The number of hydrogen-bond acceptors (Lipinski definition) is 4. The van der Waals surface area contributed by atoms with Crippen LogP contribution in [-0.2, 0) is 4.79 Å². The minimum absolute atomic E-state index is 0.0939. The smallest absolute Gasteiger partial charge is 0.316 e. The number of piperidine rings is 1. The molecule has 1 amide bonds. The molecule has 1 saturated heterocycles. The Bertz CT molecular complexity index is 773. The van der Waals surface area contributed by atoms with Crippen molar-refractivity contribution in [3.05, 3.63) is 59.1 Å². The van der Waals surface area contributed by atoms with E-state index in [1.807, 2.05) is 0 Å². The van der Waals surface area contributed by atoms with Gasteiger partial charge in [0.15, 0.2) is 0 Å². The summed E-state index contributed by atoms with van der Waals surface area (Å²) in [5.41, 5.74) is 0.568. The van der Waals surface area contributed by atoms with Crippen LogP contribution < -0.4 is 9.47 Å². The van der Waals surface area contributed by atoms with Gasteiger partial charge in [-0.15, -0.1) is 0 Å². The van der Waals surface area contributed by atoms with Gasteiger partial charge in [0.25, 0.3) is 5.91 Å². The van der Waals surface area contributed by atoms with Gasteiger partial charge in [-0.2, -0.15) is 0 Å². The van der Waals surface area contributed by atoms with Crippen LogP contribution in [0.2, 0.25) is 5.02 Å². The lowest BCUT2D eigenvalue weighted by Crippen LogP contribution is -2.43. The Hall–Kier alpha value is -2.53. The largest absolute Gasteiger partial charge is 0.497 e. The third-order valence-corrected chi connectivity index (χ3v) is 4.66. The number of esters is 1. The summed E-state index contributed by atoms with van der Waals surface area (Å²) in [6.07, 6.45) is 1.47. The number of ether oxygens (including phenoxy) is 2. The van der Waals surface area contributed by atoms with Gasteiger partial charge in [0, 0.05) is 23.7 Å². The normalized spacial score (nSPS) is 16.8. The predicted molar refractivity (Wildman–Crippen MR) is 98.7 cm³/mol. The van der Waals surface area contributed by atoms with Gasteiger partial charge < -0.3 is 14.4 Å². The van der Waals surface area contributed by atoms with E-state index in [-0.39, 0.29) is 17.8 Å². The van der Waals surface area contributed by atoms with Gasteiger partial charge in [0.2, 0.25) is 0 Å². The monoisotopic (exact) mass is 373 g/mol. The van der Waals surface area contributed by atoms with Gasteiger partial charge in [0.1, 0.15) is 11.5 Å². The summed E-state index contributed by atoms with van der Waals surface area (Å²) in [4.78, 5) is 26.8. The molecular formula is C20H20ClNO4. The van der Waals surface area contributed by atoms with Crippen LogP contribution >= 0.6 is 11.6 Å². The summed E-state index contributed by atoms with van der Waals surface area (Å²) in [5.74, 6) is 0.425. The molecule has 2 aromatic carbocycles. The van der Waals surface area contributed by atoms with E-state index in [0.717, 1.165) is 6.42 Å². The third kappa shape index (κ3) is 4.35. The van der Waals surface area contributed by atoms with Crippen LogP contribution in [0.3, 0.4) is 0 Å². The maximum Gasteiger partial charge on any atom is 0.316 e. The summed E-state index contributed by atoms with van der Waals surface area (Å²) in [6, 6.07) is 13.6. The van der Waals surface area contributed by atoms with Crippen LogP contribution in [0.5, 0.6) is 11.5 Å². The van der Waals surface area contributed by atoms with E-state index < -0.39 is 0 Å². The maximum atomic E-state index is 12.6. The molecule has 1 fully saturated rings. The van der Waals surface area contributed by atoms with Gasteiger partial charge in [-0.3, -0.25) is 9.59 Å². The lowest BCUT2D eigenvalue weighted by molar-refractivity contribution is -0.140. The van der Waals surface area contributed by atoms with Crippen molar-refractivity contribution in [1.29, 1.82) is 0 Å². The Morgan fingerprint density at radius 2 is 1.69 bits per heavy atom. The fraction of sp³-hybridized carbons (Fsp3) is 0.300. The Morgan fingerprint density at radius 3 is 2.35 bits per heavy atom. The van der Waals surface area contributed by atoms with E-state index >= 15 is 0 Å². The number of benzene rings is 2. The number of nitrogens with zero attached hydrogens (tertiary/aromatic N) is 1. The lowest BCUT2D eigenvalue weighted by atomic mass is 9.97. The first-order valence-corrected chi connectivity index (χ1v) is 8.85. The van der Waals surface area contributed by atoms with E-state index in [0.29, 0.717) is 41.6 Å². The molecule has 1 aliphatic heterocycles. The predicted octanol–water partition coefficient (Wildman–Crippen LogP) is 3.81. The number of hydrogen-bond donors (Lipinski definition) is 0. The van der Waals surface area contributed by atoms with Crippen LogP contribution in [0, 0.1) is 5.92 Å². The average Bonchev–Trinajstić information content (AvgIpc) is 2.68. The first kappa shape index (κ1) is 18.3. The van der Waals surface area contributed by atoms with Crippen molar-refractivity contribution in [3.63, 3.8) is 0 Å². The summed E-state index contributed by atoms with van der Waals surface area (Å²) in [7, 11) is 1.58. The second-order valence-corrected chi connectivity index (χ2v) is 6.63. The highest BCUT2D eigenvalue weighted by molar-refractivity contribution is 6.30. The Morgan fingerprint density at radius 1 is 1.04 bits per heavy atom. The molecule has 0 spiro atoms. The number of halogens is 1. The summed E-state index contributed by atoms with van der Waals surface area (Å²) < 4.78 is 10.5. The van der Waals surface area contributed by atoms with Gasteiger partial charge in [-0.1, -0.05) is 11.6 Å². The van der Waals surface area contributed by atoms with Crippen molar-refractivity contribution in [2.45, 2.75) is 12.8 Å². The van der Waals surface area contributed by atoms with E-state index in [1.54, 1.807) is 60.5 Å². The Balaban J connectivity index is 1.62.